The van der Waals surface area contributed by atoms with Crippen LogP contribution in [0.1, 0.15) is 48.8 Å². The van der Waals surface area contributed by atoms with Crippen molar-refractivity contribution in [3.05, 3.63) is 69.2 Å². The van der Waals surface area contributed by atoms with E-state index in [1.54, 1.807) is 12.7 Å². The minimum absolute atomic E-state index is 0.527. The van der Waals surface area contributed by atoms with Crippen molar-refractivity contribution in [2.45, 2.75) is 52.2 Å². The zero-order chi connectivity index (χ0) is 19.8. The topological polar surface area (TPSA) is 30.5 Å². The average Bonchev–Trinajstić information content (AvgIpc) is 2.72. The van der Waals surface area contributed by atoms with Crippen LogP contribution in [0.5, 0.6) is 11.5 Å². The van der Waals surface area contributed by atoms with Gasteiger partial charge in [-0.1, -0.05) is 51.8 Å². The van der Waals surface area contributed by atoms with Gasteiger partial charge in [-0.25, -0.2) is 0 Å². The lowest BCUT2D eigenvalue weighted by atomic mass is 9.97. The van der Waals surface area contributed by atoms with E-state index in [-0.39, 0.29) is 0 Å². The van der Waals surface area contributed by atoms with E-state index in [9.17, 15) is 0 Å². The Hall–Kier alpha value is -1.78. The molecule has 1 aliphatic carbocycles. The fourth-order valence-electron chi connectivity index (χ4n) is 3.58. The van der Waals surface area contributed by atoms with E-state index in [4.69, 9.17) is 9.47 Å². The SMILES string of the molecule is COc1ccc(Br)c(CNCCC2=CCCCC2)c1OCc1ccccc1C. The molecule has 150 valence electrons. The second-order valence-corrected chi connectivity index (χ2v) is 8.16. The quantitative estimate of drug-likeness (QED) is 0.362. The Bertz CT molecular complexity index is 816. The lowest BCUT2D eigenvalue weighted by molar-refractivity contribution is 0.280. The van der Waals surface area contributed by atoms with Crippen LogP contribution in [0, 0.1) is 6.92 Å². The van der Waals surface area contributed by atoms with Gasteiger partial charge in [-0.15, -0.1) is 0 Å². The molecule has 0 atom stereocenters. The number of hydrogen-bond acceptors (Lipinski definition) is 3. The second-order valence-electron chi connectivity index (χ2n) is 7.31. The molecule has 0 aromatic heterocycles. The van der Waals surface area contributed by atoms with Gasteiger partial charge in [0.1, 0.15) is 6.61 Å². The zero-order valence-electron chi connectivity index (χ0n) is 16.9. The Morgan fingerprint density at radius 2 is 1.96 bits per heavy atom. The third-order valence-electron chi connectivity index (χ3n) is 5.33. The van der Waals surface area contributed by atoms with Gasteiger partial charge in [0.05, 0.1) is 7.11 Å². The number of aryl methyl sites for hydroxylation is 1. The fourth-order valence-corrected chi connectivity index (χ4v) is 4.03. The van der Waals surface area contributed by atoms with Crippen molar-refractivity contribution in [1.82, 2.24) is 5.32 Å². The Morgan fingerprint density at radius 1 is 1.11 bits per heavy atom. The monoisotopic (exact) mass is 443 g/mol. The third kappa shape index (κ3) is 5.62. The minimum Gasteiger partial charge on any atom is -0.493 e. The third-order valence-corrected chi connectivity index (χ3v) is 6.07. The van der Waals surface area contributed by atoms with E-state index in [1.165, 1.54) is 36.8 Å². The Labute approximate surface area is 177 Å². The summed E-state index contributed by atoms with van der Waals surface area (Å²) in [6, 6.07) is 12.3. The standard InChI is InChI=1S/C24H30BrNO2/c1-18-8-6-7-11-20(18)17-28-24-21(22(25)12-13-23(24)27-2)16-26-15-14-19-9-4-3-5-10-19/h6-9,11-13,26H,3-5,10,14-17H2,1-2H3. The van der Waals surface area contributed by atoms with Crippen LogP contribution in [0.4, 0.5) is 0 Å². The maximum atomic E-state index is 6.25. The summed E-state index contributed by atoms with van der Waals surface area (Å²) in [5, 5.41) is 3.58. The van der Waals surface area contributed by atoms with Crippen LogP contribution in [-0.4, -0.2) is 13.7 Å². The van der Waals surface area contributed by atoms with Gasteiger partial charge in [-0.2, -0.15) is 0 Å². The van der Waals surface area contributed by atoms with Crippen molar-refractivity contribution in [2.24, 2.45) is 0 Å². The summed E-state index contributed by atoms with van der Waals surface area (Å²) in [4.78, 5) is 0. The molecular formula is C24H30BrNO2. The highest BCUT2D eigenvalue weighted by Crippen LogP contribution is 2.37. The van der Waals surface area contributed by atoms with E-state index < -0.39 is 0 Å². The summed E-state index contributed by atoms with van der Waals surface area (Å²) in [6.45, 7) is 4.36. The highest BCUT2D eigenvalue weighted by atomic mass is 79.9. The Balaban J connectivity index is 1.67. The van der Waals surface area contributed by atoms with Crippen molar-refractivity contribution in [3.63, 3.8) is 0 Å². The largest absolute Gasteiger partial charge is 0.493 e. The zero-order valence-corrected chi connectivity index (χ0v) is 18.5. The fraction of sp³-hybridized carbons (Fsp3) is 0.417. The van der Waals surface area contributed by atoms with Gasteiger partial charge in [0.25, 0.3) is 0 Å². The molecule has 0 aliphatic heterocycles. The number of nitrogens with one attached hydrogen (secondary N) is 1. The minimum atomic E-state index is 0.527. The van der Waals surface area contributed by atoms with Gasteiger partial charge in [0.2, 0.25) is 0 Å². The van der Waals surface area contributed by atoms with Gasteiger partial charge >= 0.3 is 0 Å². The molecule has 2 aromatic rings. The summed E-state index contributed by atoms with van der Waals surface area (Å²) < 4.78 is 12.9. The first-order chi connectivity index (χ1) is 13.7. The summed E-state index contributed by atoms with van der Waals surface area (Å²) in [5.74, 6) is 1.58. The van der Waals surface area contributed by atoms with Crippen LogP contribution >= 0.6 is 15.9 Å². The Kier molecular flexibility index (Phi) is 7.99. The lowest BCUT2D eigenvalue weighted by Crippen LogP contribution is -2.17. The smallest absolute Gasteiger partial charge is 0.167 e. The summed E-state index contributed by atoms with van der Waals surface area (Å²) in [7, 11) is 1.69. The van der Waals surface area contributed by atoms with Crippen LogP contribution in [0.3, 0.4) is 0 Å². The molecule has 0 saturated carbocycles. The van der Waals surface area contributed by atoms with Crippen LogP contribution in [-0.2, 0) is 13.2 Å². The van der Waals surface area contributed by atoms with Gasteiger partial charge in [-0.05, 0) is 68.8 Å². The first kappa shape index (κ1) is 20.9. The molecule has 0 saturated heterocycles. The highest BCUT2D eigenvalue weighted by molar-refractivity contribution is 9.10. The van der Waals surface area contributed by atoms with Gasteiger partial charge < -0.3 is 14.8 Å². The molecule has 0 spiro atoms. The number of ether oxygens (including phenoxy) is 2. The molecule has 1 N–H and O–H groups in total. The highest BCUT2D eigenvalue weighted by Gasteiger charge is 2.15. The molecule has 3 nitrogen and oxygen atoms in total. The molecule has 4 heteroatoms. The van der Waals surface area contributed by atoms with Crippen molar-refractivity contribution in [3.8, 4) is 11.5 Å². The maximum Gasteiger partial charge on any atom is 0.167 e. The lowest BCUT2D eigenvalue weighted by Gasteiger charge is -2.18. The van der Waals surface area contributed by atoms with Gasteiger partial charge in [0, 0.05) is 16.6 Å². The van der Waals surface area contributed by atoms with E-state index >= 15 is 0 Å². The molecule has 2 aromatic carbocycles. The van der Waals surface area contributed by atoms with E-state index in [2.05, 4.69) is 52.4 Å². The van der Waals surface area contributed by atoms with Crippen LogP contribution < -0.4 is 14.8 Å². The summed E-state index contributed by atoms with van der Waals surface area (Å²) in [5.41, 5.74) is 5.12. The molecule has 28 heavy (non-hydrogen) atoms. The number of allylic oxidation sites excluding steroid dienone is 1. The predicted molar refractivity (Wildman–Crippen MR) is 119 cm³/mol. The molecule has 1 aliphatic rings. The first-order valence-corrected chi connectivity index (χ1v) is 10.9. The van der Waals surface area contributed by atoms with Gasteiger partial charge in [0.15, 0.2) is 11.5 Å². The molecule has 0 radical (unpaired) electrons. The van der Waals surface area contributed by atoms with Crippen molar-refractivity contribution in [1.29, 1.82) is 0 Å². The van der Waals surface area contributed by atoms with E-state index in [1.807, 2.05) is 18.2 Å². The molecule has 0 unspecified atom stereocenters. The molecular weight excluding hydrogens is 414 g/mol. The second kappa shape index (κ2) is 10.7. The normalized spacial score (nSPS) is 13.9. The number of benzene rings is 2. The Morgan fingerprint density at radius 3 is 2.71 bits per heavy atom. The number of methoxy groups -OCH3 is 1. The molecule has 0 fully saturated rings. The van der Waals surface area contributed by atoms with Crippen LogP contribution in [0.2, 0.25) is 0 Å². The van der Waals surface area contributed by atoms with E-state index in [0.717, 1.165) is 41.0 Å². The van der Waals surface area contributed by atoms with Crippen LogP contribution in [0.15, 0.2) is 52.5 Å². The number of hydrogen-bond donors (Lipinski definition) is 1. The van der Waals surface area contributed by atoms with Crippen LogP contribution in [0.25, 0.3) is 0 Å². The average molecular weight is 444 g/mol. The van der Waals surface area contributed by atoms with Gasteiger partial charge in [-0.3, -0.25) is 0 Å². The summed E-state index contributed by atoms with van der Waals surface area (Å²) >= 11 is 3.69. The molecule has 0 amide bonds. The summed E-state index contributed by atoms with van der Waals surface area (Å²) in [6.07, 6.45) is 8.73. The molecule has 0 bridgehead atoms. The van der Waals surface area contributed by atoms with Crippen molar-refractivity contribution in [2.75, 3.05) is 13.7 Å². The molecule has 3 rings (SSSR count). The predicted octanol–water partition coefficient (Wildman–Crippen LogP) is 6.33. The first-order valence-electron chi connectivity index (χ1n) is 10.1. The van der Waals surface area contributed by atoms with Crippen molar-refractivity contribution >= 4 is 15.9 Å². The number of halogens is 1. The molecule has 0 heterocycles. The van der Waals surface area contributed by atoms with E-state index in [0.29, 0.717) is 6.61 Å². The maximum absolute atomic E-state index is 6.25. The van der Waals surface area contributed by atoms with Crippen molar-refractivity contribution < 1.29 is 9.47 Å². The number of rotatable bonds is 9.